The maximum absolute atomic E-state index is 13.2. The van der Waals surface area contributed by atoms with E-state index in [1.165, 1.54) is 10.7 Å². The van der Waals surface area contributed by atoms with Gasteiger partial charge in [0.25, 0.3) is 0 Å². The molecule has 10 heteroatoms. The van der Waals surface area contributed by atoms with E-state index < -0.39 is 11.7 Å². The van der Waals surface area contributed by atoms with Crippen LogP contribution >= 0.6 is 0 Å². The minimum atomic E-state index is -4.43. The average molecular weight is 445 g/mol. The van der Waals surface area contributed by atoms with E-state index in [-0.39, 0.29) is 0 Å². The zero-order chi connectivity index (χ0) is 22.6. The number of rotatable bonds is 3. The van der Waals surface area contributed by atoms with Gasteiger partial charge in [0.05, 0.1) is 46.1 Å². The van der Waals surface area contributed by atoms with Crippen molar-refractivity contribution in [1.82, 2.24) is 35.0 Å². The summed E-state index contributed by atoms with van der Waals surface area (Å²) in [7, 11) is 0. The second-order valence-corrected chi connectivity index (χ2v) is 7.52. The predicted octanol–water partition coefficient (Wildman–Crippen LogP) is 5.17. The smallest absolute Gasteiger partial charge is 0.278 e. The first-order valence-corrected chi connectivity index (χ1v) is 9.98. The molecular formula is C23H14F3N7. The molecule has 3 heterocycles. The lowest BCUT2D eigenvalue weighted by Gasteiger charge is -2.11. The molecule has 3 aromatic carbocycles. The number of nitrogens with one attached hydrogen (secondary N) is 1. The van der Waals surface area contributed by atoms with Crippen LogP contribution < -0.4 is 0 Å². The van der Waals surface area contributed by atoms with Crippen molar-refractivity contribution >= 4 is 21.9 Å². The number of hydrogen-bond acceptors (Lipinski definition) is 4. The van der Waals surface area contributed by atoms with Crippen LogP contribution in [0.4, 0.5) is 13.2 Å². The number of aromatic nitrogens is 7. The largest absolute Gasteiger partial charge is 0.416 e. The summed E-state index contributed by atoms with van der Waals surface area (Å²) < 4.78 is 42.8. The molecule has 0 amide bonds. The molecule has 6 aromatic rings. The van der Waals surface area contributed by atoms with Crippen LogP contribution in [0.3, 0.4) is 0 Å². The fourth-order valence-corrected chi connectivity index (χ4v) is 3.87. The van der Waals surface area contributed by atoms with E-state index in [4.69, 9.17) is 0 Å². The topological polar surface area (TPSA) is 77.2 Å². The molecular weight excluding hydrogens is 431 g/mol. The number of halogens is 3. The monoisotopic (exact) mass is 445 g/mol. The van der Waals surface area contributed by atoms with Crippen molar-refractivity contribution < 1.29 is 13.2 Å². The number of alkyl halides is 3. The maximum Gasteiger partial charge on any atom is 0.416 e. The van der Waals surface area contributed by atoms with Gasteiger partial charge in [-0.05, 0) is 54.6 Å². The van der Waals surface area contributed by atoms with Crippen LogP contribution in [-0.2, 0) is 6.18 Å². The summed E-state index contributed by atoms with van der Waals surface area (Å²) >= 11 is 0. The highest BCUT2D eigenvalue weighted by molar-refractivity contribution is 5.84. The number of H-pyrrole nitrogens is 1. The fraction of sp³-hybridized carbons (Fsp3) is 0.0435. The standard InChI is InChI=1S/C23H14F3N7/c24-23(25,26)16-2-1-3-17(11-16)32-21(8-9-28-32)14-5-7-19-22(10-14)33(31-30-19)18-6-4-15-13-27-29-20(15)12-18/h1-13H,(H,27,29). The Labute approximate surface area is 184 Å². The molecule has 0 radical (unpaired) electrons. The first kappa shape index (κ1) is 19.2. The van der Waals surface area contributed by atoms with Crippen LogP contribution in [0.2, 0.25) is 0 Å². The molecule has 0 bridgehead atoms. The second-order valence-electron chi connectivity index (χ2n) is 7.52. The second kappa shape index (κ2) is 7.02. The van der Waals surface area contributed by atoms with Gasteiger partial charge in [-0.2, -0.15) is 23.4 Å². The molecule has 162 valence electrons. The zero-order valence-electron chi connectivity index (χ0n) is 16.8. The van der Waals surface area contributed by atoms with Gasteiger partial charge in [-0.25, -0.2) is 9.36 Å². The summed E-state index contributed by atoms with van der Waals surface area (Å²) in [4.78, 5) is 0. The molecule has 0 aliphatic carbocycles. The third-order valence-corrected chi connectivity index (χ3v) is 5.47. The van der Waals surface area contributed by atoms with E-state index in [0.29, 0.717) is 16.9 Å². The van der Waals surface area contributed by atoms with Gasteiger partial charge >= 0.3 is 6.18 Å². The lowest BCUT2D eigenvalue weighted by Crippen LogP contribution is -2.07. The normalized spacial score (nSPS) is 12.1. The van der Waals surface area contributed by atoms with Gasteiger partial charge in [0.15, 0.2) is 0 Å². The van der Waals surface area contributed by atoms with E-state index >= 15 is 0 Å². The number of hydrogen-bond donors (Lipinski definition) is 1. The number of aromatic amines is 1. The Hall–Kier alpha value is -4.47. The van der Waals surface area contributed by atoms with Crippen molar-refractivity contribution in [2.75, 3.05) is 0 Å². The van der Waals surface area contributed by atoms with Crippen LogP contribution in [0.5, 0.6) is 0 Å². The Morgan fingerprint density at radius 1 is 0.848 bits per heavy atom. The molecule has 0 aliphatic rings. The van der Waals surface area contributed by atoms with Crippen molar-refractivity contribution in [1.29, 1.82) is 0 Å². The predicted molar refractivity (Wildman–Crippen MR) is 116 cm³/mol. The highest BCUT2D eigenvalue weighted by atomic mass is 19.4. The van der Waals surface area contributed by atoms with Crippen LogP contribution in [0.25, 0.3) is 44.6 Å². The third kappa shape index (κ3) is 3.23. The van der Waals surface area contributed by atoms with Crippen LogP contribution in [0.15, 0.2) is 79.1 Å². The first-order chi connectivity index (χ1) is 16.0. The van der Waals surface area contributed by atoms with E-state index in [1.807, 2.05) is 36.4 Å². The number of benzene rings is 3. The van der Waals surface area contributed by atoms with Crippen molar-refractivity contribution in [3.63, 3.8) is 0 Å². The summed E-state index contributed by atoms with van der Waals surface area (Å²) in [5.74, 6) is 0. The Balaban J connectivity index is 1.46. The molecule has 0 spiro atoms. The Morgan fingerprint density at radius 3 is 2.61 bits per heavy atom. The summed E-state index contributed by atoms with van der Waals surface area (Å²) in [6, 6.07) is 18.2. The lowest BCUT2D eigenvalue weighted by molar-refractivity contribution is -0.137. The minimum absolute atomic E-state index is 0.321. The fourth-order valence-electron chi connectivity index (χ4n) is 3.87. The summed E-state index contributed by atoms with van der Waals surface area (Å²) in [5.41, 5.74) is 4.12. The molecule has 0 atom stereocenters. The van der Waals surface area contributed by atoms with Gasteiger partial charge in [-0.15, -0.1) is 5.10 Å². The highest BCUT2D eigenvalue weighted by Crippen LogP contribution is 2.32. The molecule has 7 nitrogen and oxygen atoms in total. The SMILES string of the molecule is FC(F)(F)c1cccc(-n2nccc2-c2ccc3nnn(-c4ccc5cn[nH]c5c4)c3c2)c1. The molecule has 3 aromatic heterocycles. The van der Waals surface area contributed by atoms with Gasteiger partial charge < -0.3 is 0 Å². The van der Waals surface area contributed by atoms with Gasteiger partial charge in [0.2, 0.25) is 0 Å². The molecule has 0 saturated heterocycles. The molecule has 0 saturated carbocycles. The molecule has 1 N–H and O–H groups in total. The van der Waals surface area contributed by atoms with Crippen LogP contribution in [0, 0.1) is 0 Å². The molecule has 0 fully saturated rings. The van der Waals surface area contributed by atoms with E-state index in [0.717, 1.165) is 39.8 Å². The van der Waals surface area contributed by atoms with Gasteiger partial charge in [0, 0.05) is 10.9 Å². The Kier molecular flexibility index (Phi) is 4.09. The van der Waals surface area contributed by atoms with Gasteiger partial charge in [-0.1, -0.05) is 17.3 Å². The van der Waals surface area contributed by atoms with E-state index in [2.05, 4.69) is 25.6 Å². The summed E-state index contributed by atoms with van der Waals surface area (Å²) in [5, 5.41) is 20.8. The van der Waals surface area contributed by atoms with Crippen LogP contribution in [0.1, 0.15) is 5.56 Å². The lowest BCUT2D eigenvalue weighted by atomic mass is 10.1. The van der Waals surface area contributed by atoms with Crippen molar-refractivity contribution in [2.24, 2.45) is 0 Å². The quantitative estimate of drug-likeness (QED) is 0.408. The molecule has 0 aliphatic heterocycles. The number of nitrogens with zero attached hydrogens (tertiary/aromatic N) is 6. The summed E-state index contributed by atoms with van der Waals surface area (Å²) in [6.45, 7) is 0. The number of fused-ring (bicyclic) bond motifs is 2. The molecule has 33 heavy (non-hydrogen) atoms. The Bertz CT molecular complexity index is 1620. The van der Waals surface area contributed by atoms with E-state index in [1.54, 1.807) is 29.2 Å². The minimum Gasteiger partial charge on any atom is -0.278 e. The van der Waals surface area contributed by atoms with Crippen molar-refractivity contribution in [2.45, 2.75) is 6.18 Å². The van der Waals surface area contributed by atoms with Crippen LogP contribution in [-0.4, -0.2) is 35.0 Å². The molecule has 6 rings (SSSR count). The first-order valence-electron chi connectivity index (χ1n) is 9.98. The van der Waals surface area contributed by atoms with Crippen molar-refractivity contribution in [3.05, 3.63) is 84.7 Å². The van der Waals surface area contributed by atoms with Gasteiger partial charge in [0.1, 0.15) is 5.52 Å². The summed E-state index contributed by atoms with van der Waals surface area (Å²) in [6.07, 6.45) is -1.14. The maximum atomic E-state index is 13.2. The van der Waals surface area contributed by atoms with E-state index in [9.17, 15) is 13.2 Å². The zero-order valence-corrected chi connectivity index (χ0v) is 16.8. The average Bonchev–Trinajstić information content (AvgIpc) is 3.56. The Morgan fingerprint density at radius 2 is 1.73 bits per heavy atom. The third-order valence-electron chi connectivity index (χ3n) is 5.47. The molecule has 0 unspecified atom stereocenters. The van der Waals surface area contributed by atoms with Crippen molar-refractivity contribution in [3.8, 4) is 22.6 Å². The highest BCUT2D eigenvalue weighted by Gasteiger charge is 2.30. The van der Waals surface area contributed by atoms with Gasteiger partial charge in [-0.3, -0.25) is 5.10 Å².